The van der Waals surface area contributed by atoms with Crippen molar-refractivity contribution in [1.29, 1.82) is 0 Å². The molecule has 0 unspecified atom stereocenters. The third kappa shape index (κ3) is 4.63. The van der Waals surface area contributed by atoms with E-state index in [-0.39, 0.29) is 0 Å². The number of esters is 1. The van der Waals surface area contributed by atoms with Crippen LogP contribution in [0.1, 0.15) is 30.0 Å². The van der Waals surface area contributed by atoms with Crippen molar-refractivity contribution in [2.24, 2.45) is 0 Å². The number of hydrazine groups is 1. The maximum Gasteiger partial charge on any atom is 0.344 e. The molecule has 2 N–H and O–H groups in total. The number of amides is 4. The molecule has 1 heterocycles. The molecular weight excluding hydrogens is 398 g/mol. The van der Waals surface area contributed by atoms with E-state index in [1.807, 2.05) is 31.2 Å². The van der Waals surface area contributed by atoms with Crippen LogP contribution in [0.2, 0.25) is 0 Å². The second-order valence-electron chi connectivity index (χ2n) is 7.03. The Morgan fingerprint density at radius 1 is 1.10 bits per heavy atom. The number of benzene rings is 2. The lowest BCUT2D eigenvalue weighted by atomic mass is 9.87. The smallest absolute Gasteiger partial charge is 0.344 e. The van der Waals surface area contributed by atoms with Gasteiger partial charge in [0.05, 0.1) is 0 Å². The number of urea groups is 1. The minimum absolute atomic E-state index is 0.298. The van der Waals surface area contributed by atoms with Gasteiger partial charge in [-0.05, 0) is 36.1 Å². The average molecular weight is 421 g/mol. The van der Waals surface area contributed by atoms with Gasteiger partial charge in [0, 0.05) is 6.08 Å². The molecule has 0 aromatic heterocycles. The van der Waals surface area contributed by atoms with Crippen LogP contribution >= 0.6 is 0 Å². The maximum absolute atomic E-state index is 12.9. The molecule has 0 bridgehead atoms. The van der Waals surface area contributed by atoms with Crippen molar-refractivity contribution in [3.05, 3.63) is 77.4 Å². The fraction of sp³-hybridized carbons (Fsp3) is 0.217. The first kappa shape index (κ1) is 21.8. The summed E-state index contributed by atoms with van der Waals surface area (Å²) in [4.78, 5) is 49.4. The highest BCUT2D eigenvalue weighted by molar-refractivity contribution is 6.08. The number of carbonyl (C=O) groups is 4. The molecular formula is C23H23N3O5. The molecule has 1 saturated heterocycles. The largest absolute Gasteiger partial charge is 0.452 e. The van der Waals surface area contributed by atoms with Crippen LogP contribution in [-0.2, 0) is 24.7 Å². The fourth-order valence-electron chi connectivity index (χ4n) is 3.31. The van der Waals surface area contributed by atoms with Crippen molar-refractivity contribution < 1.29 is 23.9 Å². The average Bonchev–Trinajstić information content (AvgIpc) is 3.03. The van der Waals surface area contributed by atoms with E-state index in [0.29, 0.717) is 17.0 Å². The van der Waals surface area contributed by atoms with Crippen LogP contribution in [0.5, 0.6) is 0 Å². The van der Waals surface area contributed by atoms with Gasteiger partial charge in [0.2, 0.25) is 0 Å². The summed E-state index contributed by atoms with van der Waals surface area (Å²) < 4.78 is 4.90. The summed E-state index contributed by atoms with van der Waals surface area (Å²) in [5, 5.41) is 3.27. The van der Waals surface area contributed by atoms with Crippen LogP contribution in [0.4, 0.5) is 4.79 Å². The highest BCUT2D eigenvalue weighted by Crippen LogP contribution is 2.31. The van der Waals surface area contributed by atoms with Crippen LogP contribution in [0, 0.1) is 6.92 Å². The van der Waals surface area contributed by atoms with Gasteiger partial charge in [0.15, 0.2) is 6.61 Å². The number of hydrogen-bond donors (Lipinski definition) is 2. The van der Waals surface area contributed by atoms with Gasteiger partial charge in [0.25, 0.3) is 11.8 Å². The zero-order chi connectivity index (χ0) is 22.4. The van der Waals surface area contributed by atoms with E-state index in [1.54, 1.807) is 43.3 Å². The number of carbonyl (C=O) groups excluding carboxylic acids is 4. The number of nitrogens with one attached hydrogen (secondary N) is 2. The second-order valence-corrected chi connectivity index (χ2v) is 7.03. The van der Waals surface area contributed by atoms with Gasteiger partial charge in [-0.2, -0.15) is 5.01 Å². The quantitative estimate of drug-likeness (QED) is 0.406. The molecule has 0 radical (unpaired) electrons. The third-order valence-corrected chi connectivity index (χ3v) is 5.06. The number of nitrogens with zero attached hydrogens (tertiary/aromatic N) is 1. The SMILES string of the molecule is CC[C@]1(c2ccccc2)NC(=O)N(NC(=O)COC(=O)/C=C/c2ccccc2C)C1=O. The van der Waals surface area contributed by atoms with Crippen LogP contribution in [0.3, 0.4) is 0 Å². The van der Waals surface area contributed by atoms with Crippen molar-refractivity contribution in [3.63, 3.8) is 0 Å². The van der Waals surface area contributed by atoms with Gasteiger partial charge in [-0.15, -0.1) is 0 Å². The first-order valence-electron chi connectivity index (χ1n) is 9.79. The molecule has 8 heteroatoms. The summed E-state index contributed by atoms with van der Waals surface area (Å²) in [7, 11) is 0. The van der Waals surface area contributed by atoms with Crippen LogP contribution in [0.15, 0.2) is 60.7 Å². The predicted molar refractivity (Wildman–Crippen MR) is 113 cm³/mol. The summed E-state index contributed by atoms with van der Waals surface area (Å²) in [5.74, 6) is -2.13. The Labute approximate surface area is 179 Å². The van der Waals surface area contributed by atoms with Gasteiger partial charge in [-0.3, -0.25) is 15.0 Å². The molecule has 1 fully saturated rings. The van der Waals surface area contributed by atoms with Crippen molar-refractivity contribution in [3.8, 4) is 0 Å². The van der Waals surface area contributed by atoms with E-state index in [0.717, 1.165) is 11.1 Å². The van der Waals surface area contributed by atoms with E-state index in [1.165, 1.54) is 6.08 Å². The number of hydrogen-bond acceptors (Lipinski definition) is 5. The molecule has 0 aliphatic carbocycles. The molecule has 1 aliphatic heterocycles. The number of ether oxygens (including phenoxy) is 1. The molecule has 0 saturated carbocycles. The van der Waals surface area contributed by atoms with E-state index < -0.39 is 36.0 Å². The summed E-state index contributed by atoms with van der Waals surface area (Å²) in [6.07, 6.45) is 3.09. The second kappa shape index (κ2) is 9.25. The fourth-order valence-corrected chi connectivity index (χ4v) is 3.31. The van der Waals surface area contributed by atoms with Crippen molar-refractivity contribution in [2.45, 2.75) is 25.8 Å². The highest BCUT2D eigenvalue weighted by Gasteiger charge is 2.52. The minimum Gasteiger partial charge on any atom is -0.452 e. The summed E-state index contributed by atoms with van der Waals surface area (Å²) in [6.45, 7) is 3.03. The topological polar surface area (TPSA) is 105 Å². The molecule has 2 aromatic rings. The van der Waals surface area contributed by atoms with Crippen LogP contribution < -0.4 is 10.7 Å². The normalized spacial score (nSPS) is 18.2. The first-order chi connectivity index (χ1) is 14.9. The Morgan fingerprint density at radius 3 is 2.45 bits per heavy atom. The maximum atomic E-state index is 12.9. The number of rotatable bonds is 7. The zero-order valence-electron chi connectivity index (χ0n) is 17.3. The van der Waals surface area contributed by atoms with E-state index in [9.17, 15) is 19.2 Å². The summed E-state index contributed by atoms with van der Waals surface area (Å²) in [5.41, 5.74) is 3.39. The first-order valence-corrected chi connectivity index (χ1v) is 9.79. The zero-order valence-corrected chi connectivity index (χ0v) is 17.3. The van der Waals surface area contributed by atoms with Gasteiger partial charge in [0.1, 0.15) is 5.54 Å². The Kier molecular flexibility index (Phi) is 6.49. The van der Waals surface area contributed by atoms with Crippen molar-refractivity contribution >= 4 is 29.9 Å². The molecule has 0 spiro atoms. The standard InChI is InChI=1S/C23H23N3O5/c1-3-23(18-11-5-4-6-12-18)21(29)26(22(30)24-23)25-19(27)15-31-20(28)14-13-17-10-8-7-9-16(17)2/h4-14H,3,15H2,1-2H3,(H,24,30)(H,25,27)/b14-13+/t23-/m1/s1. The molecule has 1 atom stereocenters. The van der Waals surface area contributed by atoms with Gasteiger partial charge >= 0.3 is 12.0 Å². The highest BCUT2D eigenvalue weighted by atomic mass is 16.5. The van der Waals surface area contributed by atoms with Crippen molar-refractivity contribution in [2.75, 3.05) is 6.61 Å². The number of imide groups is 1. The van der Waals surface area contributed by atoms with E-state index in [2.05, 4.69) is 10.7 Å². The van der Waals surface area contributed by atoms with Gasteiger partial charge in [-0.1, -0.05) is 61.5 Å². The van der Waals surface area contributed by atoms with Gasteiger partial charge in [-0.25, -0.2) is 9.59 Å². The molecule has 1 aliphatic rings. The number of aryl methyl sites for hydroxylation is 1. The molecule has 2 aromatic carbocycles. The Bertz CT molecular complexity index is 1030. The van der Waals surface area contributed by atoms with Crippen LogP contribution in [0.25, 0.3) is 6.08 Å². The van der Waals surface area contributed by atoms with E-state index in [4.69, 9.17) is 4.74 Å². The summed E-state index contributed by atoms with van der Waals surface area (Å²) in [6, 6.07) is 15.5. The van der Waals surface area contributed by atoms with Gasteiger partial charge < -0.3 is 10.1 Å². The Hall–Kier alpha value is -3.94. The molecule has 3 rings (SSSR count). The third-order valence-electron chi connectivity index (χ3n) is 5.06. The molecule has 8 nitrogen and oxygen atoms in total. The van der Waals surface area contributed by atoms with Crippen molar-refractivity contribution in [1.82, 2.24) is 15.8 Å². The molecule has 160 valence electrons. The lowest BCUT2D eigenvalue weighted by molar-refractivity contribution is -0.147. The lowest BCUT2D eigenvalue weighted by Crippen LogP contribution is -2.49. The molecule has 31 heavy (non-hydrogen) atoms. The lowest BCUT2D eigenvalue weighted by Gasteiger charge is -2.25. The molecule has 4 amide bonds. The predicted octanol–water partition coefficient (Wildman–Crippen LogP) is 2.44. The minimum atomic E-state index is -1.27. The Morgan fingerprint density at radius 2 is 1.77 bits per heavy atom. The summed E-state index contributed by atoms with van der Waals surface area (Å²) >= 11 is 0. The monoisotopic (exact) mass is 421 g/mol. The van der Waals surface area contributed by atoms with E-state index >= 15 is 0 Å². The van der Waals surface area contributed by atoms with Crippen LogP contribution in [-0.4, -0.2) is 35.4 Å². The Balaban J connectivity index is 1.59.